The van der Waals surface area contributed by atoms with Crippen LogP contribution in [0.5, 0.6) is 0 Å². The summed E-state index contributed by atoms with van der Waals surface area (Å²) in [5.41, 5.74) is 4.65. The van der Waals surface area contributed by atoms with E-state index in [9.17, 15) is 9.59 Å². The number of likely N-dealkylation sites (N-methyl/N-ethyl adjacent to an activating group) is 1. The number of aromatic nitrogens is 4. The fourth-order valence-electron chi connectivity index (χ4n) is 3.62. The lowest BCUT2D eigenvalue weighted by atomic mass is 10.1. The van der Waals surface area contributed by atoms with Gasteiger partial charge in [0.1, 0.15) is 6.33 Å². The third kappa shape index (κ3) is 5.12. The highest BCUT2D eigenvalue weighted by Crippen LogP contribution is 2.18. The minimum absolute atomic E-state index is 0.0265. The van der Waals surface area contributed by atoms with E-state index >= 15 is 0 Å². The van der Waals surface area contributed by atoms with Gasteiger partial charge >= 0.3 is 0 Å². The first-order chi connectivity index (χ1) is 16.0. The monoisotopic (exact) mass is 440 g/mol. The summed E-state index contributed by atoms with van der Waals surface area (Å²) in [7, 11) is 0. The molecule has 33 heavy (non-hydrogen) atoms. The Morgan fingerprint density at radius 2 is 1.76 bits per heavy atom. The summed E-state index contributed by atoms with van der Waals surface area (Å²) in [5.74, 6) is -0.190. The average Bonchev–Trinajstić information content (AvgIpc) is 3.36. The zero-order valence-electron chi connectivity index (χ0n) is 18.5. The lowest BCUT2D eigenvalue weighted by Gasteiger charge is -2.21. The first kappa shape index (κ1) is 21.9. The van der Waals surface area contributed by atoms with Crippen molar-refractivity contribution in [2.24, 2.45) is 0 Å². The van der Waals surface area contributed by atoms with Crippen molar-refractivity contribution in [3.8, 4) is 5.69 Å². The van der Waals surface area contributed by atoms with Gasteiger partial charge in [-0.05, 0) is 77.9 Å². The maximum Gasteiger partial charge on any atom is 0.255 e. The van der Waals surface area contributed by atoms with Crippen molar-refractivity contribution in [3.63, 3.8) is 0 Å². The molecule has 1 N–H and O–H groups in total. The summed E-state index contributed by atoms with van der Waals surface area (Å²) in [5, 5.41) is 14.1. The van der Waals surface area contributed by atoms with Gasteiger partial charge in [0.05, 0.1) is 12.1 Å². The second-order valence-corrected chi connectivity index (χ2v) is 7.56. The highest BCUT2D eigenvalue weighted by Gasteiger charge is 2.15. The maximum atomic E-state index is 12.8. The standard InChI is InChI=1S/C25H24N6O2/c1-3-30(22-7-5-4-6-8-22)24(32)16-19-9-12-21(13-10-19)27-25(33)20-11-14-23(18(2)15-20)31-17-26-28-29-31/h4-15,17H,3,16H2,1-2H3,(H,27,33). The molecule has 166 valence electrons. The molecular formula is C25H24N6O2. The molecule has 0 radical (unpaired) electrons. The van der Waals surface area contributed by atoms with Crippen molar-refractivity contribution in [3.05, 3.63) is 95.8 Å². The molecule has 0 aliphatic rings. The second kappa shape index (κ2) is 9.86. The Balaban J connectivity index is 1.40. The number of nitrogens with one attached hydrogen (secondary N) is 1. The Kier molecular flexibility index (Phi) is 6.54. The minimum Gasteiger partial charge on any atom is -0.322 e. The summed E-state index contributed by atoms with van der Waals surface area (Å²) in [6.45, 7) is 4.46. The Hall–Kier alpha value is -4.33. The van der Waals surface area contributed by atoms with Gasteiger partial charge in [0.2, 0.25) is 5.91 Å². The molecule has 1 heterocycles. The first-order valence-corrected chi connectivity index (χ1v) is 10.6. The van der Waals surface area contributed by atoms with Gasteiger partial charge in [-0.25, -0.2) is 4.68 Å². The number of hydrogen-bond acceptors (Lipinski definition) is 5. The van der Waals surface area contributed by atoms with Crippen molar-refractivity contribution in [2.75, 3.05) is 16.8 Å². The highest BCUT2D eigenvalue weighted by atomic mass is 16.2. The van der Waals surface area contributed by atoms with E-state index in [-0.39, 0.29) is 18.2 Å². The number of carbonyl (C=O) groups excluding carboxylic acids is 2. The van der Waals surface area contributed by atoms with Crippen LogP contribution in [-0.4, -0.2) is 38.6 Å². The fraction of sp³-hybridized carbons (Fsp3) is 0.160. The van der Waals surface area contributed by atoms with Crippen LogP contribution in [0.15, 0.2) is 79.1 Å². The highest BCUT2D eigenvalue weighted by molar-refractivity contribution is 6.04. The van der Waals surface area contributed by atoms with Gasteiger partial charge in [0.25, 0.3) is 5.91 Å². The van der Waals surface area contributed by atoms with Crippen LogP contribution in [0.3, 0.4) is 0 Å². The lowest BCUT2D eigenvalue weighted by Crippen LogP contribution is -2.31. The van der Waals surface area contributed by atoms with E-state index < -0.39 is 0 Å². The Bertz CT molecular complexity index is 1240. The van der Waals surface area contributed by atoms with E-state index in [1.165, 1.54) is 6.33 Å². The molecule has 3 aromatic carbocycles. The normalized spacial score (nSPS) is 10.6. The number of anilines is 2. The Labute approximate surface area is 191 Å². The fourth-order valence-corrected chi connectivity index (χ4v) is 3.62. The van der Waals surface area contributed by atoms with Gasteiger partial charge in [0, 0.05) is 23.5 Å². The third-order valence-corrected chi connectivity index (χ3v) is 5.31. The van der Waals surface area contributed by atoms with Crippen LogP contribution in [0.2, 0.25) is 0 Å². The molecule has 0 atom stereocenters. The predicted octanol–water partition coefficient (Wildman–Crippen LogP) is 3.82. The molecule has 4 aromatic rings. The van der Waals surface area contributed by atoms with Crippen molar-refractivity contribution in [1.82, 2.24) is 20.2 Å². The number of benzene rings is 3. The first-order valence-electron chi connectivity index (χ1n) is 10.6. The topological polar surface area (TPSA) is 93.0 Å². The molecule has 0 fully saturated rings. The Morgan fingerprint density at radius 1 is 1.00 bits per heavy atom. The van der Waals surface area contributed by atoms with E-state index in [4.69, 9.17) is 0 Å². The summed E-state index contributed by atoms with van der Waals surface area (Å²) >= 11 is 0. The summed E-state index contributed by atoms with van der Waals surface area (Å²) < 4.78 is 1.55. The SMILES string of the molecule is CCN(C(=O)Cc1ccc(NC(=O)c2ccc(-n3cnnn3)c(C)c2)cc1)c1ccccc1. The van der Waals surface area contributed by atoms with Crippen LogP contribution in [0.1, 0.15) is 28.4 Å². The van der Waals surface area contributed by atoms with Crippen LogP contribution in [-0.2, 0) is 11.2 Å². The summed E-state index contributed by atoms with van der Waals surface area (Å²) in [6, 6.07) is 22.3. The minimum atomic E-state index is -0.216. The van der Waals surface area contributed by atoms with E-state index in [1.54, 1.807) is 21.7 Å². The predicted molar refractivity (Wildman–Crippen MR) is 126 cm³/mol. The number of tetrazole rings is 1. The summed E-state index contributed by atoms with van der Waals surface area (Å²) in [4.78, 5) is 27.2. The molecule has 2 amide bonds. The second-order valence-electron chi connectivity index (χ2n) is 7.56. The van der Waals surface area contributed by atoms with Crippen molar-refractivity contribution in [1.29, 1.82) is 0 Å². The molecule has 0 aliphatic heterocycles. The van der Waals surface area contributed by atoms with E-state index in [2.05, 4.69) is 20.8 Å². The smallest absolute Gasteiger partial charge is 0.255 e. The van der Waals surface area contributed by atoms with E-state index in [1.807, 2.05) is 74.5 Å². The van der Waals surface area contributed by atoms with Crippen molar-refractivity contribution in [2.45, 2.75) is 20.3 Å². The molecule has 0 aliphatic carbocycles. The molecule has 4 rings (SSSR count). The molecular weight excluding hydrogens is 416 g/mol. The quantitative estimate of drug-likeness (QED) is 0.472. The molecule has 0 spiro atoms. The third-order valence-electron chi connectivity index (χ3n) is 5.31. The zero-order chi connectivity index (χ0) is 23.2. The lowest BCUT2D eigenvalue weighted by molar-refractivity contribution is -0.117. The number of aryl methyl sites for hydroxylation is 1. The molecule has 0 unspecified atom stereocenters. The molecule has 0 saturated heterocycles. The van der Waals surface area contributed by atoms with Crippen LogP contribution in [0, 0.1) is 6.92 Å². The molecule has 8 heteroatoms. The van der Waals surface area contributed by atoms with Crippen LogP contribution in [0.25, 0.3) is 5.69 Å². The number of rotatable bonds is 7. The maximum absolute atomic E-state index is 12.8. The van der Waals surface area contributed by atoms with E-state index in [0.717, 1.165) is 22.5 Å². The van der Waals surface area contributed by atoms with Crippen LogP contribution in [0.4, 0.5) is 11.4 Å². The number of para-hydroxylation sites is 1. The van der Waals surface area contributed by atoms with Gasteiger partial charge < -0.3 is 10.2 Å². The Morgan fingerprint density at radius 3 is 2.39 bits per heavy atom. The van der Waals surface area contributed by atoms with Crippen molar-refractivity contribution < 1.29 is 9.59 Å². The van der Waals surface area contributed by atoms with E-state index in [0.29, 0.717) is 17.8 Å². The molecule has 8 nitrogen and oxygen atoms in total. The summed E-state index contributed by atoms with van der Waals surface area (Å²) in [6.07, 6.45) is 1.79. The molecule has 0 saturated carbocycles. The average molecular weight is 441 g/mol. The number of hydrogen-bond donors (Lipinski definition) is 1. The van der Waals surface area contributed by atoms with Crippen LogP contribution < -0.4 is 10.2 Å². The zero-order valence-corrected chi connectivity index (χ0v) is 18.5. The number of nitrogens with zero attached hydrogens (tertiary/aromatic N) is 5. The number of carbonyl (C=O) groups is 2. The van der Waals surface area contributed by atoms with Crippen LogP contribution >= 0.6 is 0 Å². The number of amides is 2. The van der Waals surface area contributed by atoms with Gasteiger partial charge in [-0.15, -0.1) is 5.10 Å². The largest absolute Gasteiger partial charge is 0.322 e. The van der Waals surface area contributed by atoms with Crippen molar-refractivity contribution >= 4 is 23.2 Å². The molecule has 1 aromatic heterocycles. The molecule has 0 bridgehead atoms. The van der Waals surface area contributed by atoms with Gasteiger partial charge in [-0.2, -0.15) is 0 Å². The van der Waals surface area contributed by atoms with Gasteiger partial charge in [-0.1, -0.05) is 30.3 Å². The van der Waals surface area contributed by atoms with Gasteiger partial charge in [-0.3, -0.25) is 9.59 Å². The van der Waals surface area contributed by atoms with Gasteiger partial charge in [0.15, 0.2) is 0 Å².